The molecular weight excluding hydrogens is 276 g/mol. The Hall–Kier alpha value is -2.28. The molecule has 0 saturated carbocycles. The largest absolute Gasteiger partial charge is 0.497 e. The molecule has 1 fully saturated rings. The summed E-state index contributed by atoms with van der Waals surface area (Å²) in [6, 6.07) is 3.95. The molecule has 21 heavy (non-hydrogen) atoms. The Morgan fingerprint density at radius 3 is 2.86 bits per heavy atom. The molecule has 1 saturated heterocycles. The van der Waals surface area contributed by atoms with Gasteiger partial charge in [-0.25, -0.2) is 9.59 Å². The summed E-state index contributed by atoms with van der Waals surface area (Å²) in [5, 5.41) is 14.5. The fourth-order valence-corrected chi connectivity index (χ4v) is 2.13. The maximum Gasteiger partial charge on any atom is 0.337 e. The van der Waals surface area contributed by atoms with E-state index < -0.39 is 12.0 Å². The Labute approximate surface area is 122 Å². The lowest BCUT2D eigenvalue weighted by molar-refractivity contribution is 0.0697. The summed E-state index contributed by atoms with van der Waals surface area (Å²) < 4.78 is 10.3. The van der Waals surface area contributed by atoms with Crippen molar-refractivity contribution in [1.82, 2.24) is 5.32 Å². The SMILES string of the molecule is COc1ccc(NC(=O)NC2CCCOC2)c(C(=O)O)c1. The van der Waals surface area contributed by atoms with Gasteiger partial charge in [0.25, 0.3) is 0 Å². The van der Waals surface area contributed by atoms with Crippen LogP contribution in [0.15, 0.2) is 18.2 Å². The van der Waals surface area contributed by atoms with E-state index in [-0.39, 0.29) is 17.3 Å². The van der Waals surface area contributed by atoms with Crippen LogP contribution in [0.4, 0.5) is 10.5 Å². The van der Waals surface area contributed by atoms with Crippen LogP contribution in [0.3, 0.4) is 0 Å². The van der Waals surface area contributed by atoms with E-state index in [2.05, 4.69) is 10.6 Å². The van der Waals surface area contributed by atoms with E-state index in [1.54, 1.807) is 6.07 Å². The van der Waals surface area contributed by atoms with E-state index in [0.29, 0.717) is 19.0 Å². The van der Waals surface area contributed by atoms with Gasteiger partial charge in [-0.3, -0.25) is 0 Å². The summed E-state index contributed by atoms with van der Waals surface area (Å²) >= 11 is 0. The molecule has 114 valence electrons. The first-order valence-electron chi connectivity index (χ1n) is 6.66. The number of anilines is 1. The van der Waals surface area contributed by atoms with Gasteiger partial charge in [0.05, 0.1) is 31.0 Å². The molecule has 1 aromatic carbocycles. The van der Waals surface area contributed by atoms with Crippen LogP contribution in [0.5, 0.6) is 5.75 Å². The van der Waals surface area contributed by atoms with E-state index in [1.807, 2.05) is 0 Å². The normalized spacial score (nSPS) is 17.9. The highest BCUT2D eigenvalue weighted by Gasteiger charge is 2.18. The van der Waals surface area contributed by atoms with Gasteiger partial charge in [0.2, 0.25) is 0 Å². The predicted molar refractivity (Wildman–Crippen MR) is 75.9 cm³/mol. The lowest BCUT2D eigenvalue weighted by atomic mass is 10.1. The summed E-state index contributed by atoms with van der Waals surface area (Å²) in [4.78, 5) is 23.1. The van der Waals surface area contributed by atoms with Crippen molar-refractivity contribution in [1.29, 1.82) is 0 Å². The Balaban J connectivity index is 2.04. The molecule has 0 aromatic heterocycles. The summed E-state index contributed by atoms with van der Waals surface area (Å²) in [5.74, 6) is -0.718. The Morgan fingerprint density at radius 1 is 1.43 bits per heavy atom. The van der Waals surface area contributed by atoms with E-state index in [1.165, 1.54) is 19.2 Å². The fourth-order valence-electron chi connectivity index (χ4n) is 2.13. The van der Waals surface area contributed by atoms with Crippen LogP contribution in [-0.2, 0) is 4.74 Å². The van der Waals surface area contributed by atoms with Gasteiger partial charge in [-0.1, -0.05) is 0 Å². The third kappa shape index (κ3) is 4.09. The molecule has 1 aliphatic heterocycles. The smallest absolute Gasteiger partial charge is 0.337 e. The first kappa shape index (κ1) is 15.1. The topological polar surface area (TPSA) is 96.9 Å². The van der Waals surface area contributed by atoms with Crippen LogP contribution in [-0.4, -0.2) is 43.5 Å². The molecule has 1 aromatic rings. The minimum Gasteiger partial charge on any atom is -0.497 e. The van der Waals surface area contributed by atoms with Gasteiger partial charge < -0.3 is 25.2 Å². The number of methoxy groups -OCH3 is 1. The van der Waals surface area contributed by atoms with Gasteiger partial charge in [0, 0.05) is 6.61 Å². The highest BCUT2D eigenvalue weighted by Crippen LogP contribution is 2.22. The number of nitrogens with one attached hydrogen (secondary N) is 2. The molecule has 1 aliphatic rings. The second kappa shape index (κ2) is 6.94. The van der Waals surface area contributed by atoms with Crippen molar-refractivity contribution in [3.8, 4) is 5.75 Å². The van der Waals surface area contributed by atoms with Crippen LogP contribution < -0.4 is 15.4 Å². The van der Waals surface area contributed by atoms with Crippen LogP contribution in [0.2, 0.25) is 0 Å². The molecule has 2 amide bonds. The molecular formula is C14H18N2O5. The highest BCUT2D eigenvalue weighted by atomic mass is 16.5. The minimum atomic E-state index is -1.13. The van der Waals surface area contributed by atoms with Gasteiger partial charge in [-0.05, 0) is 31.0 Å². The number of ether oxygens (including phenoxy) is 2. The number of carbonyl (C=O) groups excluding carboxylic acids is 1. The zero-order valence-corrected chi connectivity index (χ0v) is 11.7. The van der Waals surface area contributed by atoms with Crippen molar-refractivity contribution < 1.29 is 24.2 Å². The third-order valence-electron chi connectivity index (χ3n) is 3.20. The second-order valence-electron chi connectivity index (χ2n) is 4.73. The Kier molecular flexibility index (Phi) is 4.99. The molecule has 1 heterocycles. The first-order chi connectivity index (χ1) is 10.1. The number of carbonyl (C=O) groups is 2. The van der Waals surface area contributed by atoms with E-state index in [4.69, 9.17) is 9.47 Å². The number of carboxylic acids is 1. The monoisotopic (exact) mass is 294 g/mol. The molecule has 1 unspecified atom stereocenters. The number of hydrogen-bond acceptors (Lipinski definition) is 4. The highest BCUT2D eigenvalue weighted by molar-refractivity contribution is 6.00. The number of hydrogen-bond donors (Lipinski definition) is 3. The summed E-state index contributed by atoms with van der Waals surface area (Å²) in [6.45, 7) is 1.18. The number of carboxylic acid groups (broad SMARTS) is 1. The average molecular weight is 294 g/mol. The average Bonchev–Trinajstić information content (AvgIpc) is 2.48. The van der Waals surface area contributed by atoms with Gasteiger partial charge in [0.1, 0.15) is 5.75 Å². The maximum atomic E-state index is 11.9. The standard InChI is InChI=1S/C14H18N2O5/c1-20-10-4-5-12(11(7-10)13(17)18)16-14(19)15-9-3-2-6-21-8-9/h4-5,7,9H,2-3,6,8H2,1H3,(H,17,18)(H2,15,16,19). The first-order valence-corrected chi connectivity index (χ1v) is 6.66. The molecule has 0 aliphatic carbocycles. The molecule has 0 spiro atoms. The molecule has 1 atom stereocenters. The molecule has 3 N–H and O–H groups in total. The third-order valence-corrected chi connectivity index (χ3v) is 3.20. The van der Waals surface area contributed by atoms with Gasteiger partial charge in [-0.2, -0.15) is 0 Å². The lowest BCUT2D eigenvalue weighted by Crippen LogP contribution is -2.42. The van der Waals surface area contributed by atoms with Gasteiger partial charge in [-0.15, -0.1) is 0 Å². The zero-order chi connectivity index (χ0) is 15.2. The number of urea groups is 1. The summed E-state index contributed by atoms with van der Waals surface area (Å²) in [7, 11) is 1.45. The van der Waals surface area contributed by atoms with Crippen LogP contribution in [0.1, 0.15) is 23.2 Å². The van der Waals surface area contributed by atoms with E-state index >= 15 is 0 Å². The number of benzene rings is 1. The van der Waals surface area contributed by atoms with Crippen molar-refractivity contribution in [2.24, 2.45) is 0 Å². The van der Waals surface area contributed by atoms with Crippen molar-refractivity contribution in [3.63, 3.8) is 0 Å². The summed E-state index contributed by atoms with van der Waals surface area (Å²) in [5.41, 5.74) is 0.196. The van der Waals surface area contributed by atoms with Crippen molar-refractivity contribution in [3.05, 3.63) is 23.8 Å². The maximum absolute atomic E-state index is 11.9. The van der Waals surface area contributed by atoms with Gasteiger partial charge in [0.15, 0.2) is 0 Å². The summed E-state index contributed by atoms with van der Waals surface area (Å²) in [6.07, 6.45) is 1.75. The van der Waals surface area contributed by atoms with E-state index in [9.17, 15) is 14.7 Å². The predicted octanol–water partition coefficient (Wildman–Crippen LogP) is 1.69. The molecule has 7 nitrogen and oxygen atoms in total. The second-order valence-corrected chi connectivity index (χ2v) is 4.73. The van der Waals surface area contributed by atoms with E-state index in [0.717, 1.165) is 12.8 Å². The molecule has 2 rings (SSSR count). The number of aromatic carboxylic acids is 1. The zero-order valence-electron chi connectivity index (χ0n) is 11.7. The molecule has 0 bridgehead atoms. The van der Waals surface area contributed by atoms with Crippen molar-refractivity contribution in [2.45, 2.75) is 18.9 Å². The minimum absolute atomic E-state index is 0.0237. The Morgan fingerprint density at radius 2 is 2.24 bits per heavy atom. The van der Waals surface area contributed by atoms with Crippen molar-refractivity contribution >= 4 is 17.7 Å². The Bertz CT molecular complexity index is 526. The van der Waals surface area contributed by atoms with Gasteiger partial charge >= 0.3 is 12.0 Å². The number of amides is 2. The van der Waals surface area contributed by atoms with Crippen LogP contribution >= 0.6 is 0 Å². The molecule has 0 radical (unpaired) electrons. The van der Waals surface area contributed by atoms with Crippen molar-refractivity contribution in [2.75, 3.05) is 25.6 Å². The van der Waals surface area contributed by atoms with Crippen LogP contribution in [0.25, 0.3) is 0 Å². The fraction of sp³-hybridized carbons (Fsp3) is 0.429. The number of rotatable bonds is 4. The quantitative estimate of drug-likeness (QED) is 0.785. The molecule has 7 heteroatoms. The van der Waals surface area contributed by atoms with Crippen LogP contribution in [0, 0.1) is 0 Å². The lowest BCUT2D eigenvalue weighted by Gasteiger charge is -2.23.